The fraction of sp³-hybridized carbons (Fsp3) is 0.280. The predicted molar refractivity (Wildman–Crippen MR) is 112 cm³/mol. The smallest absolute Gasteiger partial charge is 0.00523 e. The van der Waals surface area contributed by atoms with Crippen molar-refractivity contribution in [2.24, 2.45) is 5.92 Å². The second-order valence-electron chi connectivity index (χ2n) is 6.32. The molecule has 2 aliphatic carbocycles. The molecule has 1 atom stereocenters. The van der Waals surface area contributed by atoms with Crippen LogP contribution in [-0.4, -0.2) is 0 Å². The Morgan fingerprint density at radius 3 is 2.72 bits per heavy atom. The molecule has 0 radical (unpaired) electrons. The summed E-state index contributed by atoms with van der Waals surface area (Å²) in [6, 6.07) is 0. The van der Waals surface area contributed by atoms with Crippen LogP contribution in [0.1, 0.15) is 39.0 Å². The minimum atomic E-state index is 0.539. The zero-order valence-corrected chi connectivity index (χ0v) is 15.4. The Kier molecular flexibility index (Phi) is 8.55. The summed E-state index contributed by atoms with van der Waals surface area (Å²) in [7, 11) is 0. The largest absolute Gasteiger partial charge is 0.0984 e. The van der Waals surface area contributed by atoms with Crippen LogP contribution in [0.2, 0.25) is 0 Å². The maximum atomic E-state index is 3.93. The molecule has 0 aromatic rings. The van der Waals surface area contributed by atoms with Crippen molar-refractivity contribution < 1.29 is 0 Å². The summed E-state index contributed by atoms with van der Waals surface area (Å²) in [4.78, 5) is 0. The fourth-order valence-electron chi connectivity index (χ4n) is 3.05. The van der Waals surface area contributed by atoms with E-state index in [0.717, 1.165) is 32.1 Å². The second-order valence-corrected chi connectivity index (χ2v) is 6.32. The topological polar surface area (TPSA) is 0 Å². The van der Waals surface area contributed by atoms with Crippen LogP contribution >= 0.6 is 0 Å². The molecular formula is C25H30. The maximum Gasteiger partial charge on any atom is 0.00523 e. The minimum absolute atomic E-state index is 0.539. The van der Waals surface area contributed by atoms with Gasteiger partial charge in [0, 0.05) is 5.92 Å². The van der Waals surface area contributed by atoms with E-state index in [2.05, 4.69) is 92.5 Å². The molecule has 0 heterocycles. The van der Waals surface area contributed by atoms with Crippen molar-refractivity contribution in [1.29, 1.82) is 0 Å². The van der Waals surface area contributed by atoms with Crippen molar-refractivity contribution in [2.45, 2.75) is 39.0 Å². The molecule has 0 bridgehead atoms. The van der Waals surface area contributed by atoms with Gasteiger partial charge >= 0.3 is 0 Å². The number of rotatable bonds is 8. The highest BCUT2D eigenvalue weighted by atomic mass is 14.1. The lowest BCUT2D eigenvalue weighted by molar-refractivity contribution is 0.783. The van der Waals surface area contributed by atoms with E-state index < -0.39 is 0 Å². The molecule has 0 aliphatic heterocycles. The zero-order chi connectivity index (χ0) is 17.7. The predicted octanol–water partition coefficient (Wildman–Crippen LogP) is 7.35. The van der Waals surface area contributed by atoms with Gasteiger partial charge in [-0.1, -0.05) is 91.6 Å². The molecule has 0 fully saturated rings. The summed E-state index contributed by atoms with van der Waals surface area (Å²) >= 11 is 0. The van der Waals surface area contributed by atoms with Crippen molar-refractivity contribution in [3.8, 4) is 0 Å². The van der Waals surface area contributed by atoms with Crippen molar-refractivity contribution in [3.63, 3.8) is 0 Å². The van der Waals surface area contributed by atoms with Crippen LogP contribution in [0.3, 0.4) is 0 Å². The van der Waals surface area contributed by atoms with E-state index in [4.69, 9.17) is 0 Å². The Morgan fingerprint density at radius 1 is 1.16 bits per heavy atom. The van der Waals surface area contributed by atoms with E-state index in [9.17, 15) is 0 Å². The van der Waals surface area contributed by atoms with Crippen LogP contribution in [0.4, 0.5) is 0 Å². The number of allylic oxidation sites excluding steroid dienone is 17. The lowest BCUT2D eigenvalue weighted by Gasteiger charge is -2.13. The van der Waals surface area contributed by atoms with Gasteiger partial charge in [-0.25, -0.2) is 0 Å². The molecule has 2 rings (SSSR count). The third-order valence-electron chi connectivity index (χ3n) is 4.51. The summed E-state index contributed by atoms with van der Waals surface area (Å²) in [5.74, 6) is 0.539. The van der Waals surface area contributed by atoms with E-state index in [0.29, 0.717) is 5.92 Å². The van der Waals surface area contributed by atoms with Gasteiger partial charge in [-0.15, -0.1) is 0 Å². The van der Waals surface area contributed by atoms with Gasteiger partial charge in [-0.2, -0.15) is 0 Å². The first kappa shape index (κ1) is 19.0. The molecule has 1 unspecified atom stereocenters. The fourth-order valence-corrected chi connectivity index (χ4v) is 3.05. The summed E-state index contributed by atoms with van der Waals surface area (Å²) in [5.41, 5.74) is 3.91. The molecule has 0 amide bonds. The molecule has 0 saturated heterocycles. The summed E-state index contributed by atoms with van der Waals surface area (Å²) in [6.07, 6.45) is 36.3. The van der Waals surface area contributed by atoms with E-state index in [1.165, 1.54) is 16.7 Å². The van der Waals surface area contributed by atoms with Gasteiger partial charge in [0.05, 0.1) is 0 Å². The summed E-state index contributed by atoms with van der Waals surface area (Å²) in [6.45, 7) is 6.06. The molecule has 0 saturated carbocycles. The van der Waals surface area contributed by atoms with Gasteiger partial charge in [-0.05, 0) is 55.7 Å². The SMILES string of the molecule is C=CC(=CC=CCCC=CC(=CC)C1C=CC=CC1)C1=CCCC=C1. The Balaban J connectivity index is 1.78. The molecular weight excluding hydrogens is 300 g/mol. The second kappa shape index (κ2) is 11.3. The summed E-state index contributed by atoms with van der Waals surface area (Å²) in [5, 5.41) is 0. The first-order valence-electron chi connectivity index (χ1n) is 9.37. The molecule has 0 N–H and O–H groups in total. The van der Waals surface area contributed by atoms with Crippen molar-refractivity contribution >= 4 is 0 Å². The Morgan fingerprint density at radius 2 is 2.04 bits per heavy atom. The molecule has 2 aliphatic rings. The number of hydrogen-bond donors (Lipinski definition) is 0. The van der Waals surface area contributed by atoms with E-state index in [1.807, 2.05) is 6.08 Å². The molecule has 0 nitrogen and oxygen atoms in total. The zero-order valence-electron chi connectivity index (χ0n) is 15.4. The van der Waals surface area contributed by atoms with Gasteiger partial charge in [0.2, 0.25) is 0 Å². The quantitative estimate of drug-likeness (QED) is 0.322. The van der Waals surface area contributed by atoms with Crippen LogP contribution in [0.15, 0.2) is 108 Å². The molecule has 25 heavy (non-hydrogen) atoms. The summed E-state index contributed by atoms with van der Waals surface area (Å²) < 4.78 is 0. The highest BCUT2D eigenvalue weighted by molar-refractivity contribution is 5.48. The van der Waals surface area contributed by atoms with Crippen LogP contribution < -0.4 is 0 Å². The molecule has 0 aromatic carbocycles. The van der Waals surface area contributed by atoms with Crippen molar-refractivity contribution in [3.05, 3.63) is 108 Å². The standard InChI is InChI=1S/C25H30/c1-3-22(24-18-12-8-13-19-24)16-10-6-5-7-11-17-23(4-2)25-20-14-9-15-21-25/h3-4,6,9-12,14-20,25H,1,5,7-8,13,21H2,2H3. The van der Waals surface area contributed by atoms with Crippen LogP contribution in [0, 0.1) is 5.92 Å². The molecule has 0 spiro atoms. The van der Waals surface area contributed by atoms with Crippen LogP contribution in [-0.2, 0) is 0 Å². The van der Waals surface area contributed by atoms with Gasteiger partial charge in [0.1, 0.15) is 0 Å². The maximum absolute atomic E-state index is 3.93. The average Bonchev–Trinajstić information content (AvgIpc) is 2.68. The number of hydrogen-bond acceptors (Lipinski definition) is 0. The van der Waals surface area contributed by atoms with Crippen LogP contribution in [0.25, 0.3) is 0 Å². The van der Waals surface area contributed by atoms with Crippen molar-refractivity contribution in [2.75, 3.05) is 0 Å². The lowest BCUT2D eigenvalue weighted by atomic mass is 9.91. The third kappa shape index (κ3) is 6.58. The number of unbranched alkanes of at least 4 members (excludes halogenated alkanes) is 1. The lowest BCUT2D eigenvalue weighted by Crippen LogP contribution is -1.99. The molecule has 0 aromatic heterocycles. The third-order valence-corrected chi connectivity index (χ3v) is 4.51. The molecule has 0 heteroatoms. The first-order chi connectivity index (χ1) is 12.3. The Bertz CT molecular complexity index is 669. The average molecular weight is 331 g/mol. The Hall–Kier alpha value is -2.34. The van der Waals surface area contributed by atoms with Gasteiger partial charge in [0.25, 0.3) is 0 Å². The van der Waals surface area contributed by atoms with Gasteiger partial charge in [-0.3, -0.25) is 0 Å². The Labute approximate surface area is 153 Å². The van der Waals surface area contributed by atoms with E-state index in [1.54, 1.807) is 0 Å². The first-order valence-corrected chi connectivity index (χ1v) is 9.37. The highest BCUT2D eigenvalue weighted by Gasteiger charge is 2.07. The van der Waals surface area contributed by atoms with Crippen LogP contribution in [0.5, 0.6) is 0 Å². The van der Waals surface area contributed by atoms with Crippen molar-refractivity contribution in [1.82, 2.24) is 0 Å². The minimum Gasteiger partial charge on any atom is -0.0984 e. The van der Waals surface area contributed by atoms with E-state index >= 15 is 0 Å². The van der Waals surface area contributed by atoms with E-state index in [-0.39, 0.29) is 0 Å². The monoisotopic (exact) mass is 330 g/mol. The van der Waals surface area contributed by atoms with Gasteiger partial charge in [0.15, 0.2) is 0 Å². The van der Waals surface area contributed by atoms with Gasteiger partial charge < -0.3 is 0 Å². The molecule has 130 valence electrons. The highest BCUT2D eigenvalue weighted by Crippen LogP contribution is 2.22. The normalized spacial score (nSPS) is 21.3.